The molecule has 196 valence electrons. The van der Waals surface area contributed by atoms with E-state index in [0.717, 1.165) is 43.6 Å². The number of hydrogen-bond donors (Lipinski definition) is 0. The van der Waals surface area contributed by atoms with Gasteiger partial charge in [0.1, 0.15) is 5.78 Å². The average molecular weight is 477 g/mol. The molecule has 0 aliphatic rings. The van der Waals surface area contributed by atoms with Gasteiger partial charge in [-0.25, -0.2) is 0 Å². The van der Waals surface area contributed by atoms with Crippen molar-refractivity contribution in [2.75, 3.05) is 27.4 Å². The molecule has 1 aromatic carbocycles. The van der Waals surface area contributed by atoms with Crippen molar-refractivity contribution < 1.29 is 19.0 Å². The lowest BCUT2D eigenvalue weighted by Crippen LogP contribution is -2.20. The number of hydrogen-bond acceptors (Lipinski definition) is 4. The molecule has 0 fully saturated rings. The second-order valence-electron chi connectivity index (χ2n) is 10.8. The highest BCUT2D eigenvalue weighted by Crippen LogP contribution is 2.32. The van der Waals surface area contributed by atoms with Gasteiger partial charge in [0.15, 0.2) is 11.5 Å². The fourth-order valence-corrected chi connectivity index (χ4v) is 4.78. The fraction of sp³-hybridized carbons (Fsp3) is 0.767. The van der Waals surface area contributed by atoms with Gasteiger partial charge in [0.2, 0.25) is 0 Å². The van der Waals surface area contributed by atoms with Crippen LogP contribution < -0.4 is 9.47 Å². The summed E-state index contributed by atoms with van der Waals surface area (Å²) in [5.74, 6) is 4.61. The highest BCUT2D eigenvalue weighted by molar-refractivity contribution is 5.78. The van der Waals surface area contributed by atoms with E-state index in [9.17, 15) is 4.79 Å². The second-order valence-corrected chi connectivity index (χ2v) is 10.8. The first-order valence-corrected chi connectivity index (χ1v) is 13.5. The van der Waals surface area contributed by atoms with E-state index in [1.54, 1.807) is 21.1 Å². The maximum Gasteiger partial charge on any atom is 0.161 e. The van der Waals surface area contributed by atoms with Crippen molar-refractivity contribution in [2.24, 2.45) is 29.6 Å². The van der Waals surface area contributed by atoms with Crippen LogP contribution in [0.1, 0.15) is 92.1 Å². The lowest BCUT2D eigenvalue weighted by Gasteiger charge is -2.24. The Morgan fingerprint density at radius 3 is 2.15 bits per heavy atom. The minimum absolute atomic E-state index is 0.218. The predicted octanol–water partition coefficient (Wildman–Crippen LogP) is 7.76. The van der Waals surface area contributed by atoms with Crippen LogP contribution in [0.5, 0.6) is 11.5 Å². The van der Waals surface area contributed by atoms with Gasteiger partial charge in [-0.3, -0.25) is 4.79 Å². The first-order valence-electron chi connectivity index (χ1n) is 13.5. The van der Waals surface area contributed by atoms with Crippen LogP contribution in [0, 0.1) is 29.6 Å². The van der Waals surface area contributed by atoms with E-state index in [-0.39, 0.29) is 5.92 Å². The lowest BCUT2D eigenvalue weighted by atomic mass is 9.81. The lowest BCUT2D eigenvalue weighted by molar-refractivity contribution is -0.122. The van der Waals surface area contributed by atoms with E-state index < -0.39 is 0 Å². The van der Waals surface area contributed by atoms with E-state index in [1.165, 1.54) is 24.8 Å². The zero-order valence-electron chi connectivity index (χ0n) is 23.3. The number of Topliss-reactive ketones (excluding diaryl/α,β-unsaturated/α-hetero) is 1. The Morgan fingerprint density at radius 1 is 0.853 bits per heavy atom. The Labute approximate surface area is 210 Å². The molecule has 0 bridgehead atoms. The third-order valence-electron chi connectivity index (χ3n) is 7.17. The molecule has 1 aromatic rings. The third-order valence-corrected chi connectivity index (χ3v) is 7.17. The molecule has 3 atom stereocenters. The molecule has 0 radical (unpaired) electrons. The number of benzene rings is 1. The smallest absolute Gasteiger partial charge is 0.161 e. The topological polar surface area (TPSA) is 44.8 Å². The summed E-state index contributed by atoms with van der Waals surface area (Å²) in [7, 11) is 3.40. The van der Waals surface area contributed by atoms with Gasteiger partial charge in [-0.05, 0) is 74.0 Å². The average Bonchev–Trinajstić information content (AvgIpc) is 2.79. The molecular formula is C30H52O4. The Hall–Kier alpha value is -1.55. The predicted molar refractivity (Wildman–Crippen MR) is 143 cm³/mol. The SMILES string of the molecule is COCCCOc1cc(CC(CCCCC(C(C)=O)C(C)CCC(C)C)C(C)C)ccc1OC. The monoisotopic (exact) mass is 476 g/mol. The van der Waals surface area contributed by atoms with Crippen LogP contribution in [0.4, 0.5) is 0 Å². The number of ketones is 1. The van der Waals surface area contributed by atoms with Crippen molar-refractivity contribution in [1.29, 1.82) is 0 Å². The first-order chi connectivity index (χ1) is 16.2. The summed E-state index contributed by atoms with van der Waals surface area (Å²) < 4.78 is 16.6. The number of rotatable bonds is 19. The summed E-state index contributed by atoms with van der Waals surface area (Å²) >= 11 is 0. The highest BCUT2D eigenvalue weighted by atomic mass is 16.5. The molecule has 0 aromatic heterocycles. The summed E-state index contributed by atoms with van der Waals surface area (Å²) in [4.78, 5) is 12.3. The molecule has 4 heteroatoms. The van der Waals surface area contributed by atoms with Crippen molar-refractivity contribution in [3.05, 3.63) is 23.8 Å². The van der Waals surface area contributed by atoms with Crippen molar-refractivity contribution >= 4 is 5.78 Å². The normalized spacial score (nSPS) is 14.3. The maximum absolute atomic E-state index is 12.3. The van der Waals surface area contributed by atoms with Gasteiger partial charge >= 0.3 is 0 Å². The highest BCUT2D eigenvalue weighted by Gasteiger charge is 2.22. The van der Waals surface area contributed by atoms with Crippen LogP contribution in [0.15, 0.2) is 18.2 Å². The van der Waals surface area contributed by atoms with Crippen molar-refractivity contribution in [3.8, 4) is 11.5 Å². The van der Waals surface area contributed by atoms with Gasteiger partial charge in [-0.2, -0.15) is 0 Å². The Kier molecular flexibility index (Phi) is 15.2. The maximum atomic E-state index is 12.3. The van der Waals surface area contributed by atoms with E-state index in [0.29, 0.717) is 42.7 Å². The molecule has 0 N–H and O–H groups in total. The molecule has 0 spiro atoms. The third kappa shape index (κ3) is 11.7. The van der Waals surface area contributed by atoms with Crippen LogP contribution in [0.3, 0.4) is 0 Å². The molecule has 0 heterocycles. The van der Waals surface area contributed by atoms with E-state index >= 15 is 0 Å². The molecule has 34 heavy (non-hydrogen) atoms. The molecule has 0 aliphatic heterocycles. The molecule has 0 aliphatic carbocycles. The molecule has 0 amide bonds. The standard InChI is InChI=1S/C30H52O4/c1-22(2)14-15-24(5)28(25(6)31)13-10-9-12-27(23(3)4)20-26-16-17-29(33-8)30(21-26)34-19-11-18-32-7/h16-17,21-24,27-28H,9-15,18-20H2,1-8H3. The van der Waals surface area contributed by atoms with Crippen molar-refractivity contribution in [3.63, 3.8) is 0 Å². The number of ether oxygens (including phenoxy) is 3. The summed E-state index contributed by atoms with van der Waals surface area (Å²) in [6.07, 6.45) is 8.80. The van der Waals surface area contributed by atoms with Gasteiger partial charge < -0.3 is 14.2 Å². The minimum Gasteiger partial charge on any atom is -0.493 e. The van der Waals surface area contributed by atoms with E-state index in [1.807, 2.05) is 6.07 Å². The van der Waals surface area contributed by atoms with Gasteiger partial charge in [-0.1, -0.05) is 59.9 Å². The molecule has 1 rings (SSSR count). The number of methoxy groups -OCH3 is 2. The molecular weight excluding hydrogens is 424 g/mol. The quantitative estimate of drug-likeness (QED) is 0.191. The van der Waals surface area contributed by atoms with E-state index in [4.69, 9.17) is 14.2 Å². The molecule has 0 saturated heterocycles. The molecule has 3 unspecified atom stereocenters. The Morgan fingerprint density at radius 2 is 1.56 bits per heavy atom. The van der Waals surface area contributed by atoms with Crippen molar-refractivity contribution in [2.45, 2.75) is 92.9 Å². The zero-order valence-corrected chi connectivity index (χ0v) is 23.3. The Balaban J connectivity index is 2.64. The summed E-state index contributed by atoms with van der Waals surface area (Å²) in [6, 6.07) is 6.33. The number of carbonyl (C=O) groups excluding carboxylic acids is 1. The number of unbranched alkanes of at least 4 members (excludes halogenated alkanes) is 1. The number of carbonyl (C=O) groups is 1. The zero-order chi connectivity index (χ0) is 25.5. The summed E-state index contributed by atoms with van der Waals surface area (Å²) in [6.45, 7) is 14.5. The van der Waals surface area contributed by atoms with Crippen LogP contribution in [-0.2, 0) is 16.0 Å². The molecule has 0 saturated carbocycles. The van der Waals surface area contributed by atoms with E-state index in [2.05, 4.69) is 46.8 Å². The summed E-state index contributed by atoms with van der Waals surface area (Å²) in [5.41, 5.74) is 1.30. The largest absolute Gasteiger partial charge is 0.493 e. The van der Waals surface area contributed by atoms with Crippen LogP contribution in [0.25, 0.3) is 0 Å². The Bertz CT molecular complexity index is 682. The van der Waals surface area contributed by atoms with Crippen LogP contribution in [-0.4, -0.2) is 33.2 Å². The van der Waals surface area contributed by atoms with Gasteiger partial charge in [0.25, 0.3) is 0 Å². The molecule has 4 nitrogen and oxygen atoms in total. The van der Waals surface area contributed by atoms with Crippen LogP contribution >= 0.6 is 0 Å². The summed E-state index contributed by atoms with van der Waals surface area (Å²) in [5, 5.41) is 0. The van der Waals surface area contributed by atoms with Gasteiger partial charge in [0.05, 0.1) is 13.7 Å². The van der Waals surface area contributed by atoms with Gasteiger partial charge in [-0.15, -0.1) is 0 Å². The second kappa shape index (κ2) is 17.0. The van der Waals surface area contributed by atoms with Gasteiger partial charge in [0, 0.05) is 26.1 Å². The minimum atomic E-state index is 0.218. The van der Waals surface area contributed by atoms with Crippen LogP contribution in [0.2, 0.25) is 0 Å². The fourth-order valence-electron chi connectivity index (χ4n) is 4.78. The van der Waals surface area contributed by atoms with Crippen molar-refractivity contribution in [1.82, 2.24) is 0 Å². The first kappa shape index (κ1) is 30.5.